The van der Waals surface area contributed by atoms with Gasteiger partial charge in [0.15, 0.2) is 5.69 Å². The molecular formula is C15H18ClN5O4. The van der Waals surface area contributed by atoms with Gasteiger partial charge < -0.3 is 20.3 Å². The van der Waals surface area contributed by atoms with Crippen LogP contribution < -0.4 is 10.6 Å². The third-order valence-corrected chi connectivity index (χ3v) is 4.32. The topological polar surface area (TPSA) is 122 Å². The van der Waals surface area contributed by atoms with E-state index in [1.165, 1.54) is 18.5 Å². The molecular weight excluding hydrogens is 350 g/mol. The highest BCUT2D eigenvalue weighted by atomic mass is 35.5. The van der Waals surface area contributed by atoms with Gasteiger partial charge in [0.1, 0.15) is 6.26 Å². The Morgan fingerprint density at radius 1 is 1.44 bits per heavy atom. The molecule has 0 bridgehead atoms. The van der Waals surface area contributed by atoms with E-state index < -0.39 is 18.1 Å². The molecule has 3 atom stereocenters. The summed E-state index contributed by atoms with van der Waals surface area (Å²) in [4.78, 5) is 24.2. The van der Waals surface area contributed by atoms with Crippen LogP contribution in [0.4, 0.5) is 0 Å². The summed E-state index contributed by atoms with van der Waals surface area (Å²) in [5.41, 5.74) is 0.137. The zero-order valence-electron chi connectivity index (χ0n) is 13.3. The van der Waals surface area contributed by atoms with Crippen LogP contribution in [-0.4, -0.2) is 50.5 Å². The van der Waals surface area contributed by atoms with Crippen molar-refractivity contribution in [1.82, 2.24) is 25.6 Å². The number of aliphatic hydroxyl groups is 1. The lowest BCUT2D eigenvalue weighted by atomic mass is 10.1. The summed E-state index contributed by atoms with van der Waals surface area (Å²) < 4.78 is 6.25. The predicted molar refractivity (Wildman–Crippen MR) is 86.7 cm³/mol. The van der Waals surface area contributed by atoms with E-state index in [2.05, 4.69) is 25.4 Å². The summed E-state index contributed by atoms with van der Waals surface area (Å²) >= 11 is 5.77. The Morgan fingerprint density at radius 3 is 2.96 bits per heavy atom. The molecule has 2 heterocycles. The van der Waals surface area contributed by atoms with Crippen LogP contribution in [0.25, 0.3) is 0 Å². The standard InChI is InChI=1S/C15H18ClN5O4/c16-10-7-18-21(8-10)3-2-17-14(23)9-5-12(13(22)6-9)19-15(24)11-1-4-25-20-11/h1,4,7-9,12-13,22H,2-3,5-6H2,(H,17,23)(H,19,24)/t9-,12-,13-/m0/s1. The number of carbonyl (C=O) groups is 2. The average Bonchev–Trinajstić information content (AvgIpc) is 3.30. The van der Waals surface area contributed by atoms with Crippen molar-refractivity contribution in [2.24, 2.45) is 5.92 Å². The van der Waals surface area contributed by atoms with Crippen LogP contribution in [0.15, 0.2) is 29.2 Å². The molecule has 0 spiro atoms. The van der Waals surface area contributed by atoms with Gasteiger partial charge in [-0.15, -0.1) is 0 Å². The van der Waals surface area contributed by atoms with Gasteiger partial charge in [-0.25, -0.2) is 0 Å². The van der Waals surface area contributed by atoms with Crippen LogP contribution in [0.2, 0.25) is 5.02 Å². The fourth-order valence-corrected chi connectivity index (χ4v) is 3.01. The molecule has 3 N–H and O–H groups in total. The number of aromatic nitrogens is 3. The van der Waals surface area contributed by atoms with Gasteiger partial charge in [-0.2, -0.15) is 5.10 Å². The molecule has 2 aromatic rings. The quantitative estimate of drug-likeness (QED) is 0.670. The van der Waals surface area contributed by atoms with E-state index in [0.29, 0.717) is 31.0 Å². The minimum atomic E-state index is -0.781. The van der Waals surface area contributed by atoms with Crippen molar-refractivity contribution in [3.8, 4) is 0 Å². The van der Waals surface area contributed by atoms with E-state index >= 15 is 0 Å². The van der Waals surface area contributed by atoms with Crippen molar-refractivity contribution >= 4 is 23.4 Å². The van der Waals surface area contributed by atoms with Crippen LogP contribution in [0.5, 0.6) is 0 Å². The highest BCUT2D eigenvalue weighted by Gasteiger charge is 2.37. The van der Waals surface area contributed by atoms with Crippen LogP contribution >= 0.6 is 11.6 Å². The van der Waals surface area contributed by atoms with E-state index in [9.17, 15) is 14.7 Å². The SMILES string of the molecule is O=C(N[C@H]1C[C@H](C(=O)NCCn2cc(Cl)cn2)C[C@@H]1O)c1ccon1. The molecule has 0 radical (unpaired) electrons. The molecule has 1 aliphatic carbocycles. The second kappa shape index (κ2) is 7.66. The highest BCUT2D eigenvalue weighted by molar-refractivity contribution is 6.30. The third-order valence-electron chi connectivity index (χ3n) is 4.13. The zero-order valence-corrected chi connectivity index (χ0v) is 14.0. The first-order valence-corrected chi connectivity index (χ1v) is 8.25. The smallest absolute Gasteiger partial charge is 0.273 e. The predicted octanol–water partition coefficient (Wildman–Crippen LogP) is 0.210. The molecule has 1 saturated carbocycles. The molecule has 134 valence electrons. The van der Waals surface area contributed by atoms with Crippen molar-refractivity contribution in [2.45, 2.75) is 31.5 Å². The van der Waals surface area contributed by atoms with Crippen LogP contribution in [0, 0.1) is 5.92 Å². The molecule has 2 amide bonds. The number of halogens is 1. The lowest BCUT2D eigenvalue weighted by Gasteiger charge is -2.15. The average molecular weight is 368 g/mol. The second-order valence-corrected chi connectivity index (χ2v) is 6.35. The fourth-order valence-electron chi connectivity index (χ4n) is 2.86. The number of carbonyl (C=O) groups excluding carboxylic acids is 2. The molecule has 10 heteroatoms. The van der Waals surface area contributed by atoms with Crippen LogP contribution in [0.1, 0.15) is 23.3 Å². The Labute approximate surface area is 148 Å². The summed E-state index contributed by atoms with van der Waals surface area (Å²) in [6, 6.07) is 0.937. The maximum absolute atomic E-state index is 12.2. The second-order valence-electron chi connectivity index (χ2n) is 5.91. The van der Waals surface area contributed by atoms with E-state index in [0.717, 1.165) is 0 Å². The summed E-state index contributed by atoms with van der Waals surface area (Å²) in [6.07, 6.45) is 4.37. The van der Waals surface area contributed by atoms with Crippen molar-refractivity contribution in [2.75, 3.05) is 6.54 Å². The van der Waals surface area contributed by atoms with Gasteiger partial charge >= 0.3 is 0 Å². The van der Waals surface area contributed by atoms with Crippen molar-refractivity contribution < 1.29 is 19.2 Å². The number of nitrogens with zero attached hydrogens (tertiary/aromatic N) is 3. The van der Waals surface area contributed by atoms with Crippen LogP contribution in [-0.2, 0) is 11.3 Å². The maximum Gasteiger partial charge on any atom is 0.273 e. The first-order valence-electron chi connectivity index (χ1n) is 7.88. The highest BCUT2D eigenvalue weighted by Crippen LogP contribution is 2.26. The van der Waals surface area contributed by atoms with Gasteiger partial charge in [0.2, 0.25) is 5.91 Å². The summed E-state index contributed by atoms with van der Waals surface area (Å²) in [6.45, 7) is 0.902. The molecule has 1 fully saturated rings. The van der Waals surface area contributed by atoms with Crippen molar-refractivity contribution in [1.29, 1.82) is 0 Å². The molecule has 0 unspecified atom stereocenters. The Balaban J connectivity index is 1.45. The van der Waals surface area contributed by atoms with Crippen molar-refractivity contribution in [3.05, 3.63) is 35.4 Å². The monoisotopic (exact) mass is 367 g/mol. The number of amides is 2. The van der Waals surface area contributed by atoms with Gasteiger partial charge in [0.25, 0.3) is 5.91 Å². The molecule has 3 rings (SSSR count). The summed E-state index contributed by atoms with van der Waals surface area (Å²) in [5.74, 6) is -0.955. The van der Waals surface area contributed by atoms with Gasteiger partial charge in [0, 0.05) is 24.7 Å². The summed E-state index contributed by atoms with van der Waals surface area (Å²) in [5, 5.41) is 23.7. The molecule has 0 saturated heterocycles. The van der Waals surface area contributed by atoms with E-state index in [1.54, 1.807) is 10.9 Å². The van der Waals surface area contributed by atoms with E-state index in [4.69, 9.17) is 11.6 Å². The number of hydrogen-bond acceptors (Lipinski definition) is 6. The largest absolute Gasteiger partial charge is 0.391 e. The lowest BCUT2D eigenvalue weighted by Crippen LogP contribution is -2.40. The minimum Gasteiger partial charge on any atom is -0.391 e. The molecule has 9 nitrogen and oxygen atoms in total. The fraction of sp³-hybridized carbons (Fsp3) is 0.467. The molecule has 1 aliphatic rings. The third kappa shape index (κ3) is 4.37. The Bertz CT molecular complexity index is 732. The number of hydrogen-bond donors (Lipinski definition) is 3. The number of rotatable bonds is 6. The normalized spacial score (nSPS) is 22.7. The molecule has 2 aromatic heterocycles. The first-order chi connectivity index (χ1) is 12.0. The Kier molecular flexibility index (Phi) is 5.34. The van der Waals surface area contributed by atoms with Crippen molar-refractivity contribution in [3.63, 3.8) is 0 Å². The van der Waals surface area contributed by atoms with Crippen LogP contribution in [0.3, 0.4) is 0 Å². The van der Waals surface area contributed by atoms with Gasteiger partial charge in [-0.05, 0) is 12.8 Å². The van der Waals surface area contributed by atoms with E-state index in [1.807, 2.05) is 0 Å². The Morgan fingerprint density at radius 2 is 2.28 bits per heavy atom. The first kappa shape index (κ1) is 17.4. The number of nitrogens with one attached hydrogen (secondary N) is 2. The number of aliphatic hydroxyl groups excluding tert-OH is 1. The Hall–Kier alpha value is -2.39. The lowest BCUT2D eigenvalue weighted by molar-refractivity contribution is -0.125. The zero-order chi connectivity index (χ0) is 17.8. The van der Waals surface area contributed by atoms with Gasteiger partial charge in [-0.1, -0.05) is 16.8 Å². The molecule has 25 heavy (non-hydrogen) atoms. The summed E-state index contributed by atoms with van der Waals surface area (Å²) in [7, 11) is 0. The van der Waals surface area contributed by atoms with Gasteiger partial charge in [0.05, 0.1) is 29.9 Å². The molecule has 0 aromatic carbocycles. The van der Waals surface area contributed by atoms with E-state index in [-0.39, 0.29) is 17.5 Å². The van der Waals surface area contributed by atoms with Gasteiger partial charge in [-0.3, -0.25) is 14.3 Å². The minimum absolute atomic E-state index is 0.137. The molecule has 0 aliphatic heterocycles. The maximum atomic E-state index is 12.2.